The topological polar surface area (TPSA) is 64.3 Å². The van der Waals surface area contributed by atoms with Crippen molar-refractivity contribution in [3.63, 3.8) is 0 Å². The minimum Gasteiger partial charge on any atom is -0.497 e. The van der Waals surface area contributed by atoms with Crippen molar-refractivity contribution in [1.82, 2.24) is 0 Å². The summed E-state index contributed by atoms with van der Waals surface area (Å²) >= 11 is 0. The van der Waals surface area contributed by atoms with Crippen molar-refractivity contribution in [2.75, 3.05) is 18.2 Å². The van der Waals surface area contributed by atoms with E-state index in [-0.39, 0.29) is 5.91 Å². The molecule has 116 valence electrons. The van der Waals surface area contributed by atoms with E-state index in [1.54, 1.807) is 25.3 Å². The summed E-state index contributed by atoms with van der Waals surface area (Å²) in [5, 5.41) is 2.84. The average Bonchev–Trinajstić information content (AvgIpc) is 2.51. The summed E-state index contributed by atoms with van der Waals surface area (Å²) in [4.78, 5) is 12.0. The number of carbonyl (C=O) groups excluding carboxylic acids is 1. The van der Waals surface area contributed by atoms with Gasteiger partial charge in [0.15, 0.2) is 0 Å². The lowest BCUT2D eigenvalue weighted by Crippen LogP contribution is -2.13. The molecule has 0 saturated carbocycles. The number of ether oxygens (including phenoxy) is 1. The second-order valence-corrected chi connectivity index (χ2v) is 5.34. The number of methoxy groups -OCH3 is 1. The summed E-state index contributed by atoms with van der Waals surface area (Å²) in [7, 11) is 1.58. The van der Waals surface area contributed by atoms with Crippen LogP contribution in [0.3, 0.4) is 0 Å². The van der Waals surface area contributed by atoms with E-state index in [2.05, 4.69) is 36.5 Å². The van der Waals surface area contributed by atoms with Crippen LogP contribution < -0.4 is 15.8 Å². The maximum absolute atomic E-state index is 12.0. The van der Waals surface area contributed by atoms with Crippen LogP contribution in [0, 0.1) is 6.92 Å². The third-order valence-corrected chi connectivity index (χ3v) is 3.52. The smallest absolute Gasteiger partial charge is 0.224 e. The molecule has 1 amide bonds. The van der Waals surface area contributed by atoms with Crippen molar-refractivity contribution in [2.24, 2.45) is 0 Å². The normalized spacial score (nSPS) is 10.3. The van der Waals surface area contributed by atoms with E-state index in [4.69, 9.17) is 10.5 Å². The fourth-order valence-electron chi connectivity index (χ4n) is 2.19. The Morgan fingerprint density at radius 2 is 1.91 bits per heavy atom. The molecule has 0 fully saturated rings. The molecule has 22 heavy (non-hydrogen) atoms. The van der Waals surface area contributed by atoms with Crippen molar-refractivity contribution < 1.29 is 9.53 Å². The van der Waals surface area contributed by atoms with Crippen LogP contribution in [0.5, 0.6) is 5.75 Å². The maximum atomic E-state index is 12.0. The molecule has 0 spiro atoms. The number of amides is 1. The van der Waals surface area contributed by atoms with Crippen LogP contribution in [0.25, 0.3) is 0 Å². The number of hydrogen-bond acceptors (Lipinski definition) is 3. The molecular weight excluding hydrogens is 276 g/mol. The molecule has 0 aliphatic heterocycles. The van der Waals surface area contributed by atoms with Crippen LogP contribution in [0.15, 0.2) is 42.5 Å². The first kappa shape index (κ1) is 15.9. The van der Waals surface area contributed by atoms with E-state index in [0.717, 1.165) is 12.8 Å². The molecule has 0 radical (unpaired) electrons. The Labute approximate surface area is 131 Å². The van der Waals surface area contributed by atoms with Gasteiger partial charge >= 0.3 is 0 Å². The predicted octanol–water partition coefficient (Wildman–Crippen LogP) is 3.55. The monoisotopic (exact) mass is 298 g/mol. The Hall–Kier alpha value is -2.49. The summed E-state index contributed by atoms with van der Waals surface area (Å²) in [6.45, 7) is 2.07. The highest BCUT2D eigenvalue weighted by molar-refractivity contribution is 5.94. The number of hydrogen-bond donors (Lipinski definition) is 2. The third kappa shape index (κ3) is 4.52. The minimum atomic E-state index is -0.0351. The number of rotatable bonds is 6. The molecule has 4 heteroatoms. The highest BCUT2D eigenvalue weighted by atomic mass is 16.5. The Balaban J connectivity index is 1.84. The largest absolute Gasteiger partial charge is 0.497 e. The molecule has 3 N–H and O–H groups in total. The van der Waals surface area contributed by atoms with Gasteiger partial charge in [0.2, 0.25) is 5.91 Å². The Morgan fingerprint density at radius 3 is 2.59 bits per heavy atom. The quantitative estimate of drug-likeness (QED) is 0.802. The Bertz CT molecular complexity index is 636. The van der Waals surface area contributed by atoms with Crippen molar-refractivity contribution in [3.8, 4) is 5.75 Å². The zero-order valence-electron chi connectivity index (χ0n) is 13.1. The molecule has 0 aromatic heterocycles. The van der Waals surface area contributed by atoms with Gasteiger partial charge in [-0.25, -0.2) is 0 Å². The van der Waals surface area contributed by atoms with Crippen LogP contribution in [0.4, 0.5) is 11.4 Å². The number of anilines is 2. The molecular formula is C18H22N2O2. The van der Waals surface area contributed by atoms with Gasteiger partial charge in [-0.2, -0.15) is 0 Å². The standard InChI is InChI=1S/C18H22N2O2/c1-13-6-8-14(9-7-13)4-3-5-18(21)20-17-12-15(22-2)10-11-16(17)19/h6-12H,3-5,19H2,1-2H3,(H,20,21). The van der Waals surface area contributed by atoms with Crippen molar-refractivity contribution in [1.29, 1.82) is 0 Å². The van der Waals surface area contributed by atoms with Crippen molar-refractivity contribution in [2.45, 2.75) is 26.2 Å². The number of carbonyl (C=O) groups is 1. The fourth-order valence-corrected chi connectivity index (χ4v) is 2.19. The molecule has 0 saturated heterocycles. The molecule has 0 bridgehead atoms. The van der Waals surface area contributed by atoms with Gasteiger partial charge in [0, 0.05) is 12.5 Å². The third-order valence-electron chi connectivity index (χ3n) is 3.52. The molecule has 2 aromatic carbocycles. The fraction of sp³-hybridized carbons (Fsp3) is 0.278. The van der Waals surface area contributed by atoms with E-state index >= 15 is 0 Å². The van der Waals surface area contributed by atoms with Crippen LogP contribution in [0.1, 0.15) is 24.0 Å². The van der Waals surface area contributed by atoms with Crippen LogP contribution in [0.2, 0.25) is 0 Å². The Kier molecular flexibility index (Phi) is 5.42. The predicted molar refractivity (Wildman–Crippen MR) is 90.2 cm³/mol. The second-order valence-electron chi connectivity index (χ2n) is 5.34. The molecule has 4 nitrogen and oxygen atoms in total. The zero-order valence-corrected chi connectivity index (χ0v) is 13.1. The van der Waals surface area contributed by atoms with Crippen molar-refractivity contribution in [3.05, 3.63) is 53.6 Å². The lowest BCUT2D eigenvalue weighted by Gasteiger charge is -2.10. The molecule has 2 aromatic rings. The highest BCUT2D eigenvalue weighted by Gasteiger charge is 2.07. The van der Waals surface area contributed by atoms with E-state index in [1.165, 1.54) is 11.1 Å². The molecule has 0 unspecified atom stereocenters. The van der Waals surface area contributed by atoms with Gasteiger partial charge in [-0.3, -0.25) is 4.79 Å². The average molecular weight is 298 g/mol. The summed E-state index contributed by atoms with van der Waals surface area (Å²) in [6, 6.07) is 13.6. The Morgan fingerprint density at radius 1 is 1.18 bits per heavy atom. The molecule has 0 atom stereocenters. The minimum absolute atomic E-state index is 0.0351. The lowest BCUT2D eigenvalue weighted by molar-refractivity contribution is -0.116. The van der Waals surface area contributed by atoms with Crippen LogP contribution >= 0.6 is 0 Å². The summed E-state index contributed by atoms with van der Waals surface area (Å²) in [6.07, 6.45) is 2.16. The van der Waals surface area contributed by atoms with Gasteiger partial charge in [0.25, 0.3) is 0 Å². The SMILES string of the molecule is COc1ccc(N)c(NC(=O)CCCc2ccc(C)cc2)c1. The van der Waals surface area contributed by atoms with Crippen molar-refractivity contribution >= 4 is 17.3 Å². The van der Waals surface area contributed by atoms with Gasteiger partial charge in [-0.1, -0.05) is 29.8 Å². The summed E-state index contributed by atoms with van der Waals surface area (Å²) in [5.41, 5.74) is 9.48. The van der Waals surface area contributed by atoms with Gasteiger partial charge in [-0.05, 0) is 37.5 Å². The first-order chi connectivity index (χ1) is 10.6. The van der Waals surface area contributed by atoms with Gasteiger partial charge in [0.05, 0.1) is 18.5 Å². The second kappa shape index (κ2) is 7.50. The van der Waals surface area contributed by atoms with E-state index in [1.807, 2.05) is 0 Å². The summed E-state index contributed by atoms with van der Waals surface area (Å²) in [5.74, 6) is 0.635. The molecule has 0 heterocycles. The number of nitrogens with one attached hydrogen (secondary N) is 1. The molecule has 2 rings (SSSR count). The van der Waals surface area contributed by atoms with E-state index in [0.29, 0.717) is 23.5 Å². The zero-order chi connectivity index (χ0) is 15.9. The number of benzene rings is 2. The first-order valence-corrected chi connectivity index (χ1v) is 7.37. The first-order valence-electron chi connectivity index (χ1n) is 7.37. The maximum Gasteiger partial charge on any atom is 0.224 e. The summed E-state index contributed by atoms with van der Waals surface area (Å²) < 4.78 is 5.13. The van der Waals surface area contributed by atoms with Gasteiger partial charge in [0.1, 0.15) is 5.75 Å². The molecule has 0 aliphatic rings. The highest BCUT2D eigenvalue weighted by Crippen LogP contribution is 2.24. The van der Waals surface area contributed by atoms with Crippen LogP contribution in [-0.4, -0.2) is 13.0 Å². The molecule has 0 aliphatic carbocycles. The van der Waals surface area contributed by atoms with E-state index < -0.39 is 0 Å². The number of nitrogen functional groups attached to an aromatic ring is 1. The number of aryl methyl sites for hydroxylation is 2. The lowest BCUT2D eigenvalue weighted by atomic mass is 10.1. The van der Waals surface area contributed by atoms with Crippen LogP contribution in [-0.2, 0) is 11.2 Å². The number of nitrogens with two attached hydrogens (primary N) is 1. The van der Waals surface area contributed by atoms with E-state index in [9.17, 15) is 4.79 Å². The van der Waals surface area contributed by atoms with Gasteiger partial charge in [-0.15, -0.1) is 0 Å². The van der Waals surface area contributed by atoms with Gasteiger partial charge < -0.3 is 15.8 Å².